The molecule has 3 aromatic rings. The number of hydrogen-bond donors (Lipinski definition) is 1. The minimum Gasteiger partial charge on any atom is -0.481 e. The number of benzene rings is 1. The number of nitrogens with zero attached hydrogens (tertiary/aromatic N) is 4. The predicted octanol–water partition coefficient (Wildman–Crippen LogP) is 3.47. The fraction of sp³-hybridized carbons (Fsp3) is 0.125. The second kappa shape index (κ2) is 7.02. The van der Waals surface area contributed by atoms with Gasteiger partial charge in [-0.15, -0.1) is 10.2 Å². The van der Waals surface area contributed by atoms with E-state index in [0.717, 1.165) is 28.6 Å². The van der Waals surface area contributed by atoms with Crippen molar-refractivity contribution >= 4 is 29.3 Å². The number of aliphatic carboxylic acids is 1. The molecule has 0 aliphatic carbocycles. The Morgan fingerprint density at radius 2 is 2.00 bits per heavy atom. The average Bonchev–Trinajstić information content (AvgIpc) is 3.00. The summed E-state index contributed by atoms with van der Waals surface area (Å²) in [5.41, 5.74) is 2.51. The molecule has 0 amide bonds. The molecular formula is C16H13ClN4O2S. The third kappa shape index (κ3) is 3.27. The molecule has 0 saturated carbocycles. The molecule has 8 heteroatoms. The third-order valence-corrected chi connectivity index (χ3v) is 4.70. The Bertz CT molecular complexity index is 883. The highest BCUT2D eigenvalue weighted by atomic mass is 35.5. The minimum atomic E-state index is -0.914. The van der Waals surface area contributed by atoms with Crippen LogP contribution < -0.4 is 0 Å². The fourth-order valence-corrected chi connectivity index (χ4v) is 3.07. The summed E-state index contributed by atoms with van der Waals surface area (Å²) in [6.07, 6.45) is 3.34. The van der Waals surface area contributed by atoms with Crippen molar-refractivity contribution in [1.82, 2.24) is 19.7 Å². The normalized spacial score (nSPS) is 10.8. The van der Waals surface area contributed by atoms with Crippen molar-refractivity contribution in [3.05, 3.63) is 53.3 Å². The molecule has 1 N–H and O–H groups in total. The largest absolute Gasteiger partial charge is 0.481 e. The Balaban J connectivity index is 2.18. The summed E-state index contributed by atoms with van der Waals surface area (Å²) in [5.74, 6) is -0.410. The van der Waals surface area contributed by atoms with E-state index in [4.69, 9.17) is 16.7 Å². The van der Waals surface area contributed by atoms with Gasteiger partial charge in [-0.25, -0.2) is 0 Å². The molecule has 0 aliphatic heterocycles. The van der Waals surface area contributed by atoms with Crippen molar-refractivity contribution in [3.8, 4) is 17.1 Å². The lowest BCUT2D eigenvalue weighted by molar-refractivity contribution is -0.133. The number of carboxylic acids is 1. The summed E-state index contributed by atoms with van der Waals surface area (Å²) in [6.45, 7) is 1.90. The molecule has 0 saturated heterocycles. The van der Waals surface area contributed by atoms with E-state index in [2.05, 4.69) is 15.2 Å². The molecular weight excluding hydrogens is 348 g/mol. The first-order valence-corrected chi connectivity index (χ1v) is 8.40. The molecule has 0 spiro atoms. The molecule has 0 atom stereocenters. The number of aromatic nitrogens is 4. The number of halogens is 1. The SMILES string of the molecule is Cc1c(Cl)cccc1-n1c(SCC(=O)O)nnc1-c1ccncc1. The van der Waals surface area contributed by atoms with Crippen LogP contribution >= 0.6 is 23.4 Å². The fourth-order valence-electron chi connectivity index (χ4n) is 2.23. The van der Waals surface area contributed by atoms with Gasteiger partial charge in [-0.1, -0.05) is 29.4 Å². The number of hydrogen-bond acceptors (Lipinski definition) is 5. The summed E-state index contributed by atoms with van der Waals surface area (Å²) in [6, 6.07) is 9.20. The number of thioether (sulfide) groups is 1. The first kappa shape index (κ1) is 16.5. The van der Waals surface area contributed by atoms with Gasteiger partial charge in [0, 0.05) is 23.0 Å². The van der Waals surface area contributed by atoms with Crippen LogP contribution in [0.25, 0.3) is 17.1 Å². The summed E-state index contributed by atoms with van der Waals surface area (Å²) in [4.78, 5) is 14.9. The highest BCUT2D eigenvalue weighted by Gasteiger charge is 2.19. The molecule has 2 aromatic heterocycles. The van der Waals surface area contributed by atoms with Crippen LogP contribution in [0, 0.1) is 6.92 Å². The van der Waals surface area contributed by atoms with Gasteiger partial charge in [-0.05, 0) is 36.8 Å². The Hall–Kier alpha value is -2.38. The summed E-state index contributed by atoms with van der Waals surface area (Å²) >= 11 is 7.36. The van der Waals surface area contributed by atoms with E-state index in [-0.39, 0.29) is 5.75 Å². The Labute approximate surface area is 147 Å². The van der Waals surface area contributed by atoms with E-state index in [1.165, 1.54) is 0 Å². The zero-order chi connectivity index (χ0) is 17.1. The maximum atomic E-state index is 10.9. The van der Waals surface area contributed by atoms with Crippen LogP contribution in [0.3, 0.4) is 0 Å². The van der Waals surface area contributed by atoms with Crippen molar-refractivity contribution in [2.75, 3.05) is 5.75 Å². The molecule has 2 heterocycles. The number of pyridine rings is 1. The molecule has 24 heavy (non-hydrogen) atoms. The van der Waals surface area contributed by atoms with Crippen molar-refractivity contribution in [2.24, 2.45) is 0 Å². The van der Waals surface area contributed by atoms with E-state index in [1.807, 2.05) is 35.8 Å². The molecule has 6 nitrogen and oxygen atoms in total. The lowest BCUT2D eigenvalue weighted by atomic mass is 10.2. The van der Waals surface area contributed by atoms with Gasteiger partial charge in [0.25, 0.3) is 0 Å². The molecule has 3 rings (SSSR count). The van der Waals surface area contributed by atoms with Gasteiger partial charge in [0.2, 0.25) is 0 Å². The molecule has 1 aromatic carbocycles. The van der Waals surface area contributed by atoms with Gasteiger partial charge in [-0.2, -0.15) is 0 Å². The van der Waals surface area contributed by atoms with E-state index in [1.54, 1.807) is 18.5 Å². The molecule has 122 valence electrons. The van der Waals surface area contributed by atoms with Crippen LogP contribution in [0.15, 0.2) is 47.9 Å². The predicted molar refractivity (Wildman–Crippen MR) is 92.7 cm³/mol. The molecule has 0 unspecified atom stereocenters. The van der Waals surface area contributed by atoms with Crippen molar-refractivity contribution in [3.63, 3.8) is 0 Å². The number of carboxylic acid groups (broad SMARTS) is 1. The van der Waals surface area contributed by atoms with Gasteiger partial charge >= 0.3 is 5.97 Å². The molecule has 0 aliphatic rings. The lowest BCUT2D eigenvalue weighted by Gasteiger charge is -2.13. The molecule has 0 bridgehead atoms. The van der Waals surface area contributed by atoms with Gasteiger partial charge in [0.1, 0.15) is 0 Å². The first-order chi connectivity index (χ1) is 11.6. The van der Waals surface area contributed by atoms with Crippen LogP contribution in [0.5, 0.6) is 0 Å². The monoisotopic (exact) mass is 360 g/mol. The quantitative estimate of drug-likeness (QED) is 0.702. The van der Waals surface area contributed by atoms with Gasteiger partial charge in [0.15, 0.2) is 11.0 Å². The van der Waals surface area contributed by atoms with Crippen LogP contribution in [0.1, 0.15) is 5.56 Å². The van der Waals surface area contributed by atoms with Crippen LogP contribution in [-0.4, -0.2) is 36.6 Å². The summed E-state index contributed by atoms with van der Waals surface area (Å²) in [7, 11) is 0. The van der Waals surface area contributed by atoms with Gasteiger partial charge < -0.3 is 5.11 Å². The summed E-state index contributed by atoms with van der Waals surface area (Å²) in [5, 5.41) is 18.5. The van der Waals surface area contributed by atoms with Crippen molar-refractivity contribution in [1.29, 1.82) is 0 Å². The lowest BCUT2D eigenvalue weighted by Crippen LogP contribution is -2.04. The van der Waals surface area contributed by atoms with Crippen molar-refractivity contribution in [2.45, 2.75) is 12.1 Å². The second-order valence-corrected chi connectivity index (χ2v) is 6.29. The maximum absolute atomic E-state index is 10.9. The average molecular weight is 361 g/mol. The third-order valence-electron chi connectivity index (χ3n) is 3.38. The standard InChI is InChI=1S/C16H13ClN4O2S/c1-10-12(17)3-2-4-13(10)21-15(11-5-7-18-8-6-11)19-20-16(21)24-9-14(22)23/h2-8H,9H2,1H3,(H,22,23). The van der Waals surface area contributed by atoms with E-state index in [9.17, 15) is 4.79 Å². The second-order valence-electron chi connectivity index (χ2n) is 4.94. The van der Waals surface area contributed by atoms with Crippen LogP contribution in [0.4, 0.5) is 0 Å². The number of rotatable bonds is 5. The maximum Gasteiger partial charge on any atom is 0.313 e. The minimum absolute atomic E-state index is 0.103. The van der Waals surface area contributed by atoms with Gasteiger partial charge in [-0.3, -0.25) is 14.3 Å². The van der Waals surface area contributed by atoms with E-state index in [0.29, 0.717) is 16.0 Å². The molecule has 0 radical (unpaired) electrons. The Kier molecular flexibility index (Phi) is 4.82. The zero-order valence-electron chi connectivity index (χ0n) is 12.7. The van der Waals surface area contributed by atoms with Crippen LogP contribution in [-0.2, 0) is 4.79 Å². The van der Waals surface area contributed by atoms with E-state index >= 15 is 0 Å². The first-order valence-electron chi connectivity index (χ1n) is 7.04. The van der Waals surface area contributed by atoms with E-state index < -0.39 is 5.97 Å². The smallest absolute Gasteiger partial charge is 0.313 e. The van der Waals surface area contributed by atoms with Gasteiger partial charge in [0.05, 0.1) is 11.4 Å². The summed E-state index contributed by atoms with van der Waals surface area (Å²) < 4.78 is 1.82. The topological polar surface area (TPSA) is 80.9 Å². The van der Waals surface area contributed by atoms with Crippen molar-refractivity contribution < 1.29 is 9.90 Å². The number of carbonyl (C=O) groups is 1. The molecule has 0 fully saturated rings. The highest BCUT2D eigenvalue weighted by molar-refractivity contribution is 7.99. The highest BCUT2D eigenvalue weighted by Crippen LogP contribution is 2.31. The Morgan fingerprint density at radius 3 is 2.71 bits per heavy atom. The Morgan fingerprint density at radius 1 is 1.25 bits per heavy atom. The zero-order valence-corrected chi connectivity index (χ0v) is 14.3. The van der Waals surface area contributed by atoms with Crippen LogP contribution in [0.2, 0.25) is 5.02 Å².